The van der Waals surface area contributed by atoms with E-state index in [4.69, 9.17) is 9.05 Å². The fourth-order valence-electron chi connectivity index (χ4n) is 2.97. The third kappa shape index (κ3) is 4.44. The highest BCUT2D eigenvalue weighted by atomic mass is 32.1. The summed E-state index contributed by atoms with van der Waals surface area (Å²) in [5, 5.41) is 4.20. The molecule has 8 heteroatoms. The summed E-state index contributed by atoms with van der Waals surface area (Å²) < 4.78 is 24.2. The van der Waals surface area contributed by atoms with Gasteiger partial charge < -0.3 is 14.4 Å². The van der Waals surface area contributed by atoms with E-state index in [9.17, 15) is 4.57 Å². The van der Waals surface area contributed by atoms with E-state index in [1.807, 2.05) is 20.8 Å². The SMILES string of the molecule is CCOP(=O)(OCC)C(CC)Nc1ncnc2sc(-c3ccc(C)cc3)cc12. The van der Waals surface area contributed by atoms with Gasteiger partial charge >= 0.3 is 7.60 Å². The highest BCUT2D eigenvalue weighted by molar-refractivity contribution is 7.54. The van der Waals surface area contributed by atoms with Crippen LogP contribution < -0.4 is 5.32 Å². The van der Waals surface area contributed by atoms with Crippen molar-refractivity contribution in [3.05, 3.63) is 42.2 Å². The topological polar surface area (TPSA) is 73.3 Å². The van der Waals surface area contributed by atoms with Gasteiger partial charge in [0, 0.05) is 4.88 Å². The Kier molecular flexibility index (Phi) is 6.83. The van der Waals surface area contributed by atoms with E-state index < -0.39 is 13.4 Å². The number of nitrogens with zero attached hydrogens (tertiary/aromatic N) is 2. The molecule has 0 fully saturated rings. The zero-order chi connectivity index (χ0) is 20.1. The Morgan fingerprint density at radius 2 is 1.79 bits per heavy atom. The van der Waals surface area contributed by atoms with Gasteiger partial charge in [-0.1, -0.05) is 36.8 Å². The van der Waals surface area contributed by atoms with Gasteiger partial charge in [-0.05, 0) is 38.8 Å². The third-order valence-electron chi connectivity index (χ3n) is 4.36. The van der Waals surface area contributed by atoms with E-state index >= 15 is 0 Å². The first-order valence-electron chi connectivity index (χ1n) is 9.47. The number of hydrogen-bond donors (Lipinski definition) is 1. The molecule has 0 spiro atoms. The molecule has 0 aliphatic carbocycles. The van der Waals surface area contributed by atoms with Gasteiger partial charge in [0.2, 0.25) is 0 Å². The standard InChI is InChI=1S/C20H26N3O3PS/c1-5-18(27(24,25-6-2)26-7-3)23-19-16-12-17(28-20(16)22-13-21-19)15-10-8-14(4)9-11-15/h8-13,18H,5-7H2,1-4H3,(H,21,22,23). The average Bonchev–Trinajstić information content (AvgIpc) is 3.12. The summed E-state index contributed by atoms with van der Waals surface area (Å²) in [5.41, 5.74) is 2.36. The first kappa shape index (κ1) is 20.9. The van der Waals surface area contributed by atoms with E-state index in [-0.39, 0.29) is 0 Å². The van der Waals surface area contributed by atoms with Crippen molar-refractivity contribution in [2.24, 2.45) is 0 Å². The highest BCUT2D eigenvalue weighted by Crippen LogP contribution is 2.54. The predicted octanol–water partition coefficient (Wildman–Crippen LogP) is 6.08. The number of rotatable bonds is 9. The number of nitrogens with one attached hydrogen (secondary N) is 1. The van der Waals surface area contributed by atoms with Crippen LogP contribution >= 0.6 is 18.9 Å². The summed E-state index contributed by atoms with van der Waals surface area (Å²) in [6.45, 7) is 8.30. The van der Waals surface area contributed by atoms with Gasteiger partial charge in [-0.3, -0.25) is 4.57 Å². The molecule has 1 unspecified atom stereocenters. The fourth-order valence-corrected chi connectivity index (χ4v) is 5.86. The summed E-state index contributed by atoms with van der Waals surface area (Å²) in [6.07, 6.45) is 2.11. The number of anilines is 1. The molecule has 6 nitrogen and oxygen atoms in total. The minimum absolute atomic E-state index is 0.324. The Morgan fingerprint density at radius 1 is 1.11 bits per heavy atom. The van der Waals surface area contributed by atoms with Crippen LogP contribution in [0.1, 0.15) is 32.8 Å². The molecule has 0 radical (unpaired) electrons. The normalized spacial score (nSPS) is 13.0. The van der Waals surface area contributed by atoms with Gasteiger partial charge in [0.1, 0.15) is 22.8 Å². The molecular formula is C20H26N3O3PS. The third-order valence-corrected chi connectivity index (χ3v) is 7.94. The van der Waals surface area contributed by atoms with Crippen LogP contribution in [0.2, 0.25) is 0 Å². The number of fused-ring (bicyclic) bond motifs is 1. The van der Waals surface area contributed by atoms with Crippen molar-refractivity contribution in [3.63, 3.8) is 0 Å². The molecule has 1 atom stereocenters. The summed E-state index contributed by atoms with van der Waals surface area (Å²) in [4.78, 5) is 10.8. The van der Waals surface area contributed by atoms with E-state index in [0.29, 0.717) is 25.5 Å². The van der Waals surface area contributed by atoms with Crippen LogP contribution in [0.5, 0.6) is 0 Å². The van der Waals surface area contributed by atoms with Crippen LogP contribution in [0.25, 0.3) is 20.7 Å². The van der Waals surface area contributed by atoms with E-state index in [1.165, 1.54) is 11.9 Å². The summed E-state index contributed by atoms with van der Waals surface area (Å²) in [6, 6.07) is 10.5. The van der Waals surface area contributed by atoms with Gasteiger partial charge in [-0.2, -0.15) is 0 Å². The Hall–Kier alpha value is -1.79. The predicted molar refractivity (Wildman–Crippen MR) is 116 cm³/mol. The molecule has 0 aliphatic heterocycles. The second-order valence-electron chi connectivity index (χ2n) is 6.36. The van der Waals surface area contributed by atoms with Crippen LogP contribution in [0.3, 0.4) is 0 Å². The fraction of sp³-hybridized carbons (Fsp3) is 0.400. The summed E-state index contributed by atoms with van der Waals surface area (Å²) in [7, 11) is -3.30. The van der Waals surface area contributed by atoms with Crippen LogP contribution in [0.15, 0.2) is 36.7 Å². The van der Waals surface area contributed by atoms with Crippen molar-refractivity contribution >= 4 is 35.0 Å². The van der Waals surface area contributed by atoms with Crippen LogP contribution in [-0.4, -0.2) is 29.0 Å². The number of benzene rings is 1. The smallest absolute Gasteiger partial charge is 0.352 e. The highest BCUT2D eigenvalue weighted by Gasteiger charge is 2.35. The quantitative estimate of drug-likeness (QED) is 0.424. The van der Waals surface area contributed by atoms with E-state index in [2.05, 4.69) is 52.5 Å². The Labute approximate surface area is 169 Å². The number of thiophene rings is 1. The van der Waals surface area contributed by atoms with Gasteiger partial charge in [-0.25, -0.2) is 9.97 Å². The van der Waals surface area contributed by atoms with Crippen molar-refractivity contribution in [1.29, 1.82) is 0 Å². The second kappa shape index (κ2) is 9.14. The molecule has 0 saturated carbocycles. The number of aryl methyl sites for hydroxylation is 1. The van der Waals surface area contributed by atoms with E-state index in [1.54, 1.807) is 11.3 Å². The summed E-state index contributed by atoms with van der Waals surface area (Å²) >= 11 is 1.61. The number of hydrogen-bond acceptors (Lipinski definition) is 7. The average molecular weight is 419 g/mol. The van der Waals surface area contributed by atoms with Crippen LogP contribution in [0.4, 0.5) is 5.82 Å². The Morgan fingerprint density at radius 3 is 2.39 bits per heavy atom. The van der Waals surface area contributed by atoms with Gasteiger partial charge in [0.05, 0.1) is 18.6 Å². The van der Waals surface area contributed by atoms with Crippen molar-refractivity contribution in [2.45, 2.75) is 39.9 Å². The molecular weight excluding hydrogens is 393 g/mol. The zero-order valence-corrected chi connectivity index (χ0v) is 18.3. The first-order chi connectivity index (χ1) is 13.5. The second-order valence-corrected chi connectivity index (χ2v) is 9.61. The lowest BCUT2D eigenvalue weighted by atomic mass is 10.1. The molecule has 1 aromatic carbocycles. The van der Waals surface area contributed by atoms with Crippen molar-refractivity contribution in [2.75, 3.05) is 18.5 Å². The van der Waals surface area contributed by atoms with Crippen LogP contribution in [0, 0.1) is 6.92 Å². The zero-order valence-electron chi connectivity index (χ0n) is 16.6. The Bertz CT molecular complexity index is 964. The number of aromatic nitrogens is 2. The largest absolute Gasteiger partial charge is 0.356 e. The molecule has 0 amide bonds. The molecule has 0 bridgehead atoms. The van der Waals surface area contributed by atoms with Gasteiger partial charge in [-0.15, -0.1) is 11.3 Å². The molecule has 0 saturated heterocycles. The lowest BCUT2D eigenvalue weighted by Gasteiger charge is -2.26. The molecule has 1 N–H and O–H groups in total. The molecule has 3 rings (SSSR count). The van der Waals surface area contributed by atoms with Crippen molar-refractivity contribution in [1.82, 2.24) is 9.97 Å². The maximum absolute atomic E-state index is 13.2. The maximum Gasteiger partial charge on any atom is 0.352 e. The van der Waals surface area contributed by atoms with E-state index in [0.717, 1.165) is 20.7 Å². The lowest BCUT2D eigenvalue weighted by Crippen LogP contribution is -2.22. The van der Waals surface area contributed by atoms with Gasteiger partial charge in [0.25, 0.3) is 0 Å². The maximum atomic E-state index is 13.2. The molecule has 0 aliphatic rings. The molecule has 2 heterocycles. The summed E-state index contributed by atoms with van der Waals surface area (Å²) in [5.74, 6) is 0.166. The Balaban J connectivity index is 1.96. The van der Waals surface area contributed by atoms with Crippen molar-refractivity contribution in [3.8, 4) is 10.4 Å². The van der Waals surface area contributed by atoms with Gasteiger partial charge in [0.15, 0.2) is 0 Å². The van der Waals surface area contributed by atoms with Crippen LogP contribution in [-0.2, 0) is 13.6 Å². The minimum atomic E-state index is -3.30. The molecule has 3 aromatic rings. The first-order valence-corrected chi connectivity index (χ1v) is 11.9. The molecule has 150 valence electrons. The minimum Gasteiger partial charge on any atom is -0.356 e. The van der Waals surface area contributed by atoms with Crippen molar-refractivity contribution < 1.29 is 13.6 Å². The molecule has 28 heavy (non-hydrogen) atoms. The monoisotopic (exact) mass is 419 g/mol. The lowest BCUT2D eigenvalue weighted by molar-refractivity contribution is 0.213. The molecule has 2 aromatic heterocycles.